The van der Waals surface area contributed by atoms with E-state index in [2.05, 4.69) is 4.98 Å². The molecule has 1 aromatic heterocycles. The molecule has 2 heterocycles. The lowest BCUT2D eigenvalue weighted by Gasteiger charge is -2.36. The van der Waals surface area contributed by atoms with Crippen molar-refractivity contribution in [1.29, 1.82) is 0 Å². The summed E-state index contributed by atoms with van der Waals surface area (Å²) in [6, 6.07) is 1.89. The number of nitrogens with two attached hydrogens (primary N) is 1. The summed E-state index contributed by atoms with van der Waals surface area (Å²) in [7, 11) is 0. The highest BCUT2D eigenvalue weighted by molar-refractivity contribution is 6.41. The minimum absolute atomic E-state index is 0.0711. The lowest BCUT2D eigenvalue weighted by molar-refractivity contribution is 0.0613. The lowest BCUT2D eigenvalue weighted by Crippen LogP contribution is -2.48. The Hall–Kier alpha value is -0.710. The molecular formula is C11H15Cl2N3O. The molecule has 17 heavy (non-hydrogen) atoms. The molecule has 1 saturated heterocycles. The van der Waals surface area contributed by atoms with E-state index >= 15 is 0 Å². The topological polar surface area (TPSA) is 62.1 Å². The average molecular weight is 276 g/mol. The second-order valence-electron chi connectivity index (χ2n) is 4.48. The number of likely N-dealkylation sites (tertiary alicyclic amines) is 1. The van der Waals surface area contributed by atoms with E-state index in [1.165, 1.54) is 0 Å². The number of halogens is 2. The smallest absolute Gasteiger partial charge is 0.270 e. The largest absolute Gasteiger partial charge is 0.340 e. The highest BCUT2D eigenvalue weighted by Crippen LogP contribution is 2.24. The molecule has 3 N–H and O–H groups in total. The Morgan fingerprint density at radius 2 is 2.29 bits per heavy atom. The van der Waals surface area contributed by atoms with Crippen LogP contribution in [0.4, 0.5) is 0 Å². The molecule has 94 valence electrons. The fourth-order valence-corrected chi connectivity index (χ4v) is 2.50. The molecule has 1 aliphatic rings. The number of rotatable bonds is 1. The van der Waals surface area contributed by atoms with Crippen LogP contribution in [0.5, 0.6) is 0 Å². The minimum atomic E-state index is -0.0711. The van der Waals surface area contributed by atoms with Gasteiger partial charge >= 0.3 is 0 Å². The molecule has 1 aromatic rings. The summed E-state index contributed by atoms with van der Waals surface area (Å²) in [6.07, 6.45) is 1.66. The summed E-state index contributed by atoms with van der Waals surface area (Å²) in [6.45, 7) is 2.68. The molecule has 2 rings (SSSR count). The molecule has 0 bridgehead atoms. The zero-order chi connectivity index (χ0) is 12.6. The molecule has 0 unspecified atom stereocenters. The Bertz CT molecular complexity index is 413. The third-order valence-corrected chi connectivity index (χ3v) is 3.83. The molecule has 1 fully saturated rings. The van der Waals surface area contributed by atoms with Gasteiger partial charge in [-0.15, -0.1) is 0 Å². The molecule has 0 aliphatic carbocycles. The van der Waals surface area contributed by atoms with Gasteiger partial charge in [-0.1, -0.05) is 23.2 Å². The first-order chi connectivity index (χ1) is 7.99. The van der Waals surface area contributed by atoms with Crippen LogP contribution >= 0.6 is 23.2 Å². The molecule has 0 spiro atoms. The zero-order valence-corrected chi connectivity index (χ0v) is 11.1. The molecule has 4 nitrogen and oxygen atoms in total. The highest BCUT2D eigenvalue weighted by atomic mass is 35.5. The second kappa shape index (κ2) is 4.88. The number of nitrogens with one attached hydrogen (secondary N) is 1. The van der Waals surface area contributed by atoms with Gasteiger partial charge in [0.1, 0.15) is 10.8 Å². The van der Waals surface area contributed by atoms with Gasteiger partial charge in [0.2, 0.25) is 0 Å². The molecule has 0 aromatic carbocycles. The van der Waals surface area contributed by atoms with Crippen LogP contribution in [0.25, 0.3) is 0 Å². The maximum atomic E-state index is 12.2. The van der Waals surface area contributed by atoms with Gasteiger partial charge in [0.25, 0.3) is 5.91 Å². The third-order valence-electron chi connectivity index (χ3n) is 3.13. The van der Waals surface area contributed by atoms with E-state index in [4.69, 9.17) is 28.9 Å². The van der Waals surface area contributed by atoms with E-state index in [1.54, 1.807) is 6.07 Å². The van der Waals surface area contributed by atoms with Crippen molar-refractivity contribution in [2.45, 2.75) is 31.8 Å². The van der Waals surface area contributed by atoms with Crippen LogP contribution in [-0.2, 0) is 0 Å². The number of hydrogen-bond acceptors (Lipinski definition) is 2. The van der Waals surface area contributed by atoms with Crippen molar-refractivity contribution in [3.05, 3.63) is 21.9 Å². The fourth-order valence-electron chi connectivity index (χ4n) is 2.18. The van der Waals surface area contributed by atoms with Gasteiger partial charge in [-0.25, -0.2) is 0 Å². The van der Waals surface area contributed by atoms with Crippen LogP contribution in [0.3, 0.4) is 0 Å². The minimum Gasteiger partial charge on any atom is -0.340 e. The molecular weight excluding hydrogens is 261 g/mol. The first-order valence-corrected chi connectivity index (χ1v) is 6.35. The summed E-state index contributed by atoms with van der Waals surface area (Å²) in [5.41, 5.74) is 6.30. The first kappa shape index (κ1) is 12.7. The number of amides is 1. The molecule has 0 radical (unpaired) electrons. The van der Waals surface area contributed by atoms with Gasteiger partial charge in [-0.2, -0.15) is 0 Å². The Balaban J connectivity index is 2.14. The third kappa shape index (κ3) is 2.59. The van der Waals surface area contributed by atoms with Gasteiger partial charge < -0.3 is 15.6 Å². The number of hydrogen-bond donors (Lipinski definition) is 2. The van der Waals surface area contributed by atoms with Gasteiger partial charge in [-0.3, -0.25) is 4.79 Å². The summed E-state index contributed by atoms with van der Waals surface area (Å²) in [4.78, 5) is 16.8. The maximum absolute atomic E-state index is 12.2. The van der Waals surface area contributed by atoms with Crippen molar-refractivity contribution in [2.24, 2.45) is 5.73 Å². The van der Waals surface area contributed by atoms with Crippen molar-refractivity contribution in [1.82, 2.24) is 9.88 Å². The van der Waals surface area contributed by atoms with E-state index in [0.29, 0.717) is 22.4 Å². The van der Waals surface area contributed by atoms with Crippen LogP contribution in [0, 0.1) is 0 Å². The van der Waals surface area contributed by atoms with Crippen LogP contribution in [0.15, 0.2) is 6.07 Å². The molecule has 1 amide bonds. The SMILES string of the molecule is C[C@@H]1C[C@H](N)CCN1C(=O)c1cc(Cl)c(Cl)[nH]1. The average Bonchev–Trinajstić information content (AvgIpc) is 2.58. The van der Waals surface area contributed by atoms with Crippen molar-refractivity contribution in [2.75, 3.05) is 6.54 Å². The fraction of sp³-hybridized carbons (Fsp3) is 0.545. The number of carbonyl (C=O) groups is 1. The van der Waals surface area contributed by atoms with Crippen molar-refractivity contribution >= 4 is 29.1 Å². The first-order valence-electron chi connectivity index (χ1n) is 5.59. The van der Waals surface area contributed by atoms with Crippen LogP contribution in [0.2, 0.25) is 10.2 Å². The van der Waals surface area contributed by atoms with Gasteiger partial charge in [0.05, 0.1) is 5.02 Å². The van der Waals surface area contributed by atoms with Gasteiger partial charge in [0.15, 0.2) is 0 Å². The predicted molar refractivity (Wildman–Crippen MR) is 68.5 cm³/mol. The second-order valence-corrected chi connectivity index (χ2v) is 5.26. The van der Waals surface area contributed by atoms with Crippen LogP contribution in [-0.4, -0.2) is 34.4 Å². The number of aromatic nitrogens is 1. The van der Waals surface area contributed by atoms with Crippen molar-refractivity contribution < 1.29 is 4.79 Å². The number of H-pyrrole nitrogens is 1. The van der Waals surface area contributed by atoms with Crippen LogP contribution < -0.4 is 5.73 Å². The van der Waals surface area contributed by atoms with Crippen molar-refractivity contribution in [3.63, 3.8) is 0 Å². The van der Waals surface area contributed by atoms with Gasteiger partial charge in [0, 0.05) is 18.6 Å². The molecule has 1 aliphatic heterocycles. The number of piperidine rings is 1. The lowest BCUT2D eigenvalue weighted by atomic mass is 9.99. The zero-order valence-electron chi connectivity index (χ0n) is 9.54. The number of aromatic amines is 1. The quantitative estimate of drug-likeness (QED) is 0.826. The predicted octanol–water partition coefficient (Wildman–Crippen LogP) is 2.27. The number of nitrogens with zero attached hydrogens (tertiary/aromatic N) is 1. The standard InChI is InChI=1S/C11H15Cl2N3O/c1-6-4-7(14)2-3-16(6)11(17)9-5-8(12)10(13)15-9/h5-7,15H,2-4,14H2,1H3/t6-,7-/m1/s1. The maximum Gasteiger partial charge on any atom is 0.270 e. The Kier molecular flexibility index (Phi) is 3.66. The van der Waals surface area contributed by atoms with E-state index in [0.717, 1.165) is 12.8 Å². The van der Waals surface area contributed by atoms with Crippen LogP contribution in [0.1, 0.15) is 30.3 Å². The van der Waals surface area contributed by atoms with E-state index in [9.17, 15) is 4.79 Å². The summed E-state index contributed by atoms with van der Waals surface area (Å²) >= 11 is 11.6. The Morgan fingerprint density at radius 1 is 1.59 bits per heavy atom. The monoisotopic (exact) mass is 275 g/mol. The summed E-state index contributed by atoms with van der Waals surface area (Å²) < 4.78 is 0. The summed E-state index contributed by atoms with van der Waals surface area (Å²) in [5.74, 6) is -0.0711. The van der Waals surface area contributed by atoms with E-state index in [-0.39, 0.29) is 18.0 Å². The Morgan fingerprint density at radius 3 is 2.82 bits per heavy atom. The van der Waals surface area contributed by atoms with E-state index in [1.807, 2.05) is 11.8 Å². The molecule has 6 heteroatoms. The van der Waals surface area contributed by atoms with E-state index < -0.39 is 0 Å². The molecule has 2 atom stereocenters. The number of carbonyl (C=O) groups excluding carboxylic acids is 1. The summed E-state index contributed by atoms with van der Waals surface area (Å²) in [5, 5.41) is 0.674. The normalized spacial score (nSPS) is 25.1. The van der Waals surface area contributed by atoms with Crippen molar-refractivity contribution in [3.8, 4) is 0 Å². The highest BCUT2D eigenvalue weighted by Gasteiger charge is 2.28. The Labute approximate surface area is 110 Å². The van der Waals surface area contributed by atoms with Gasteiger partial charge in [-0.05, 0) is 25.8 Å². The molecule has 0 saturated carbocycles.